The van der Waals surface area contributed by atoms with Crippen molar-refractivity contribution in [3.05, 3.63) is 11.6 Å². The van der Waals surface area contributed by atoms with Crippen molar-refractivity contribution >= 4 is 17.3 Å². The Bertz CT molecular complexity index is 988. The Morgan fingerprint density at radius 1 is 0.879 bits per heavy atom. The van der Waals surface area contributed by atoms with E-state index >= 15 is 0 Å². The highest BCUT2D eigenvalue weighted by Crippen LogP contribution is 2.73. The van der Waals surface area contributed by atoms with E-state index in [0.29, 0.717) is 25.0 Å². The second-order valence-electron chi connectivity index (χ2n) is 14.4. The van der Waals surface area contributed by atoms with E-state index in [1.807, 2.05) is 6.08 Å². The standard InChI is InChI=1S/C29H42O4/c1-24(2)12-13-29(33)18(15-24)17-14-19(30)23-26(5)10-9-21(31)25(3,4)20(26)8-11-27(23,6)28(17,7)16-22(29)32/h14,18,20,23,33H,8-13,15-16H2,1-7H3. The highest BCUT2D eigenvalue weighted by atomic mass is 16.3. The molecule has 0 saturated heterocycles. The maximum Gasteiger partial charge on any atom is 0.165 e. The minimum atomic E-state index is -1.33. The van der Waals surface area contributed by atoms with E-state index in [4.69, 9.17) is 0 Å². The second-order valence-corrected chi connectivity index (χ2v) is 14.4. The van der Waals surface area contributed by atoms with Crippen LogP contribution in [0, 0.1) is 44.8 Å². The fourth-order valence-electron chi connectivity index (χ4n) is 9.70. The minimum absolute atomic E-state index is 0.0246. The molecule has 0 aromatic heterocycles. The van der Waals surface area contributed by atoms with E-state index in [-0.39, 0.29) is 45.6 Å². The van der Waals surface area contributed by atoms with Crippen LogP contribution in [0.3, 0.4) is 0 Å². The molecule has 4 nitrogen and oxygen atoms in total. The summed E-state index contributed by atoms with van der Waals surface area (Å²) in [5.41, 5.74) is -1.72. The van der Waals surface area contributed by atoms with Crippen molar-refractivity contribution in [2.75, 3.05) is 0 Å². The average molecular weight is 455 g/mol. The Labute approximate surface area is 199 Å². The summed E-state index contributed by atoms with van der Waals surface area (Å²) in [5.74, 6) is 0.175. The van der Waals surface area contributed by atoms with Gasteiger partial charge in [0.2, 0.25) is 0 Å². The van der Waals surface area contributed by atoms with Crippen LogP contribution < -0.4 is 0 Å². The SMILES string of the molecule is CC1(C)CCC2(O)C(=O)CC3(C)C(=CC(=O)C4C5(C)CCC(=O)C(C)(C)C5CCC43C)C2C1. The fourth-order valence-corrected chi connectivity index (χ4v) is 9.70. The summed E-state index contributed by atoms with van der Waals surface area (Å²) in [7, 11) is 0. The molecule has 4 fully saturated rings. The molecule has 4 heteroatoms. The highest BCUT2D eigenvalue weighted by molar-refractivity contribution is 5.99. The third-order valence-corrected chi connectivity index (χ3v) is 11.9. The van der Waals surface area contributed by atoms with Gasteiger partial charge >= 0.3 is 0 Å². The van der Waals surface area contributed by atoms with Crippen LogP contribution >= 0.6 is 0 Å². The summed E-state index contributed by atoms with van der Waals surface area (Å²) in [6.07, 6.45) is 7.27. The number of ketones is 3. The van der Waals surface area contributed by atoms with Crippen molar-refractivity contribution < 1.29 is 19.5 Å². The number of aliphatic hydroxyl groups is 1. The van der Waals surface area contributed by atoms with Crippen LogP contribution in [0.2, 0.25) is 0 Å². The Balaban J connectivity index is 1.67. The van der Waals surface area contributed by atoms with Gasteiger partial charge in [-0.25, -0.2) is 0 Å². The lowest BCUT2D eigenvalue weighted by Crippen LogP contribution is -2.68. The smallest absolute Gasteiger partial charge is 0.165 e. The molecule has 5 aliphatic carbocycles. The molecule has 0 aliphatic heterocycles. The predicted molar refractivity (Wildman–Crippen MR) is 127 cm³/mol. The van der Waals surface area contributed by atoms with E-state index in [1.54, 1.807) is 0 Å². The van der Waals surface area contributed by atoms with E-state index in [1.165, 1.54) is 0 Å². The normalized spacial score (nSPS) is 50.5. The van der Waals surface area contributed by atoms with Crippen LogP contribution in [0.5, 0.6) is 0 Å². The molecule has 0 radical (unpaired) electrons. The van der Waals surface area contributed by atoms with Crippen LogP contribution in [0.15, 0.2) is 11.6 Å². The first-order valence-corrected chi connectivity index (χ1v) is 13.1. The molecule has 0 amide bonds. The molecule has 5 rings (SSSR count). The Kier molecular flexibility index (Phi) is 4.60. The van der Waals surface area contributed by atoms with E-state index in [9.17, 15) is 19.5 Å². The zero-order valence-corrected chi connectivity index (χ0v) is 21.6. The summed E-state index contributed by atoms with van der Waals surface area (Å²) in [4.78, 5) is 40.6. The first-order chi connectivity index (χ1) is 15.0. The number of rotatable bonds is 0. The van der Waals surface area contributed by atoms with Gasteiger partial charge in [0.25, 0.3) is 0 Å². The molecule has 0 aromatic carbocycles. The maximum absolute atomic E-state index is 14.1. The molecule has 1 N–H and O–H groups in total. The Morgan fingerprint density at radius 2 is 1.55 bits per heavy atom. The van der Waals surface area contributed by atoms with Crippen LogP contribution in [-0.4, -0.2) is 28.1 Å². The quantitative estimate of drug-likeness (QED) is 0.528. The van der Waals surface area contributed by atoms with Crippen molar-refractivity contribution in [2.24, 2.45) is 44.8 Å². The molecular formula is C29H42O4. The van der Waals surface area contributed by atoms with Crippen molar-refractivity contribution in [3.8, 4) is 0 Å². The maximum atomic E-state index is 14.1. The first kappa shape index (κ1) is 23.5. The van der Waals surface area contributed by atoms with Gasteiger partial charge in [-0.15, -0.1) is 0 Å². The van der Waals surface area contributed by atoms with Crippen LogP contribution in [0.1, 0.15) is 99.8 Å². The summed E-state index contributed by atoms with van der Waals surface area (Å²) in [6, 6.07) is 0. The van der Waals surface area contributed by atoms with Gasteiger partial charge in [0.05, 0.1) is 0 Å². The topological polar surface area (TPSA) is 71.4 Å². The third-order valence-electron chi connectivity index (χ3n) is 11.9. The average Bonchev–Trinajstić information content (AvgIpc) is 2.69. The van der Waals surface area contributed by atoms with Crippen molar-refractivity contribution in [1.29, 1.82) is 0 Å². The molecule has 7 atom stereocenters. The zero-order chi connectivity index (χ0) is 24.4. The summed E-state index contributed by atoms with van der Waals surface area (Å²) in [5, 5.41) is 11.6. The molecule has 4 saturated carbocycles. The van der Waals surface area contributed by atoms with Gasteiger partial charge in [-0.1, -0.05) is 54.0 Å². The first-order valence-electron chi connectivity index (χ1n) is 13.1. The summed E-state index contributed by atoms with van der Waals surface area (Å²) >= 11 is 0. The van der Waals surface area contributed by atoms with E-state index in [2.05, 4.69) is 48.5 Å². The number of hydrogen-bond donors (Lipinski definition) is 1. The van der Waals surface area contributed by atoms with Gasteiger partial charge in [0.1, 0.15) is 11.4 Å². The molecule has 0 aromatic rings. The van der Waals surface area contributed by atoms with Gasteiger partial charge in [-0.3, -0.25) is 14.4 Å². The number of carbonyl (C=O) groups is 3. The number of fused-ring (bicyclic) bond motifs is 7. The lowest BCUT2D eigenvalue weighted by molar-refractivity contribution is -0.194. The van der Waals surface area contributed by atoms with Gasteiger partial charge in [0, 0.05) is 35.5 Å². The highest BCUT2D eigenvalue weighted by Gasteiger charge is 2.71. The Morgan fingerprint density at radius 3 is 2.21 bits per heavy atom. The van der Waals surface area contributed by atoms with Gasteiger partial charge in [0.15, 0.2) is 11.6 Å². The number of carbonyl (C=O) groups excluding carboxylic acids is 3. The number of allylic oxidation sites excluding steroid dienone is 1. The molecule has 0 heterocycles. The van der Waals surface area contributed by atoms with Crippen molar-refractivity contribution in [2.45, 2.75) is 105 Å². The largest absolute Gasteiger partial charge is 0.381 e. The summed E-state index contributed by atoms with van der Waals surface area (Å²) in [6.45, 7) is 15.3. The molecule has 5 aliphatic rings. The van der Waals surface area contributed by atoms with Crippen LogP contribution in [0.25, 0.3) is 0 Å². The van der Waals surface area contributed by atoms with Crippen LogP contribution in [0.4, 0.5) is 0 Å². The lowest BCUT2D eigenvalue weighted by Gasteiger charge is -2.69. The molecule has 0 bridgehead atoms. The van der Waals surface area contributed by atoms with Crippen molar-refractivity contribution in [3.63, 3.8) is 0 Å². The van der Waals surface area contributed by atoms with E-state index < -0.39 is 16.4 Å². The number of hydrogen-bond acceptors (Lipinski definition) is 4. The van der Waals surface area contributed by atoms with Crippen LogP contribution in [-0.2, 0) is 14.4 Å². The Hall–Kier alpha value is -1.29. The van der Waals surface area contributed by atoms with Gasteiger partial charge in [-0.2, -0.15) is 0 Å². The molecule has 7 unspecified atom stereocenters. The third kappa shape index (κ3) is 2.71. The molecular weight excluding hydrogens is 412 g/mol. The molecule has 0 spiro atoms. The second kappa shape index (κ2) is 6.47. The number of Topliss-reactive ketones (excluding diaryl/α,β-unsaturated/α-hetero) is 2. The fraction of sp³-hybridized carbons (Fsp3) is 0.828. The minimum Gasteiger partial charge on any atom is -0.381 e. The van der Waals surface area contributed by atoms with E-state index in [0.717, 1.165) is 37.7 Å². The summed E-state index contributed by atoms with van der Waals surface area (Å²) < 4.78 is 0. The van der Waals surface area contributed by atoms with Gasteiger partial charge in [-0.05, 0) is 66.8 Å². The monoisotopic (exact) mass is 454 g/mol. The van der Waals surface area contributed by atoms with Crippen molar-refractivity contribution in [1.82, 2.24) is 0 Å². The predicted octanol–water partition coefficient (Wildman–Crippen LogP) is 5.46. The van der Waals surface area contributed by atoms with Gasteiger partial charge < -0.3 is 5.11 Å². The molecule has 33 heavy (non-hydrogen) atoms. The molecule has 182 valence electrons. The zero-order valence-electron chi connectivity index (χ0n) is 21.6. The lowest BCUT2D eigenvalue weighted by atomic mass is 9.34.